The van der Waals surface area contributed by atoms with Crippen LogP contribution >= 0.6 is 15.9 Å². The summed E-state index contributed by atoms with van der Waals surface area (Å²) in [4.78, 5) is 25.0. The van der Waals surface area contributed by atoms with Crippen LogP contribution in [0.3, 0.4) is 0 Å². The number of aryl methyl sites for hydroxylation is 1. The van der Waals surface area contributed by atoms with Crippen LogP contribution in [0, 0.1) is 12.8 Å². The maximum absolute atomic E-state index is 12.8. The van der Waals surface area contributed by atoms with Gasteiger partial charge in [0.05, 0.1) is 11.1 Å². The van der Waals surface area contributed by atoms with E-state index in [1.807, 2.05) is 32.9 Å². The molecular formula is C28H31BrN4O5S. The van der Waals surface area contributed by atoms with Gasteiger partial charge in [0.15, 0.2) is 6.61 Å². The van der Waals surface area contributed by atoms with Crippen molar-refractivity contribution in [2.45, 2.75) is 38.1 Å². The number of benzene rings is 3. The molecule has 206 valence electrons. The minimum Gasteiger partial charge on any atom is -0.484 e. The second-order valence-electron chi connectivity index (χ2n) is 9.26. The molecule has 0 unspecified atom stereocenters. The van der Waals surface area contributed by atoms with E-state index in [-0.39, 0.29) is 23.3 Å². The fourth-order valence-corrected chi connectivity index (χ4v) is 4.90. The maximum Gasteiger partial charge on any atom is 0.262 e. The minimum atomic E-state index is -3.89. The van der Waals surface area contributed by atoms with Crippen molar-refractivity contribution in [1.29, 1.82) is 0 Å². The van der Waals surface area contributed by atoms with Crippen molar-refractivity contribution in [1.82, 2.24) is 10.1 Å². The predicted molar refractivity (Wildman–Crippen MR) is 155 cm³/mol. The van der Waals surface area contributed by atoms with Crippen molar-refractivity contribution in [2.24, 2.45) is 11.0 Å². The van der Waals surface area contributed by atoms with Crippen LogP contribution < -0.4 is 20.2 Å². The molecule has 0 bridgehead atoms. The number of sulfonamides is 1. The number of carbonyl (C=O) groups excluding carboxylic acids is 2. The Balaban J connectivity index is 1.53. The fraction of sp³-hybridized carbons (Fsp3) is 0.250. The highest BCUT2D eigenvalue weighted by Gasteiger charge is 2.26. The normalized spacial score (nSPS) is 12.3. The SMILES string of the molecule is Cc1ccc(S(=O)(=O)N[C@H](CC(C)C)C(=O)N/N=C\c2ccc(OCC(=O)Nc3ccc(Br)cc3)cc2)cc1. The van der Waals surface area contributed by atoms with E-state index in [1.54, 1.807) is 48.5 Å². The Morgan fingerprint density at radius 1 is 0.974 bits per heavy atom. The van der Waals surface area contributed by atoms with Crippen molar-refractivity contribution in [3.8, 4) is 5.75 Å². The Bertz CT molecular complexity index is 1390. The van der Waals surface area contributed by atoms with Gasteiger partial charge in [-0.2, -0.15) is 9.82 Å². The minimum absolute atomic E-state index is 0.0648. The molecule has 0 heterocycles. The van der Waals surface area contributed by atoms with E-state index in [1.165, 1.54) is 18.3 Å². The molecule has 39 heavy (non-hydrogen) atoms. The summed E-state index contributed by atoms with van der Waals surface area (Å²) in [7, 11) is -3.89. The molecule has 3 N–H and O–H groups in total. The molecule has 0 saturated heterocycles. The number of nitrogens with zero attached hydrogens (tertiary/aromatic N) is 1. The molecule has 0 aliphatic carbocycles. The second kappa shape index (κ2) is 14.0. The highest BCUT2D eigenvalue weighted by Crippen LogP contribution is 2.16. The smallest absolute Gasteiger partial charge is 0.262 e. The summed E-state index contributed by atoms with van der Waals surface area (Å²) < 4.78 is 34.5. The van der Waals surface area contributed by atoms with Crippen molar-refractivity contribution >= 4 is 49.7 Å². The molecule has 0 aromatic heterocycles. The molecule has 3 aromatic rings. The zero-order valence-electron chi connectivity index (χ0n) is 21.8. The summed E-state index contributed by atoms with van der Waals surface area (Å²) in [6.45, 7) is 5.51. The molecule has 0 fully saturated rings. The summed E-state index contributed by atoms with van der Waals surface area (Å²) >= 11 is 3.34. The number of hydrogen-bond donors (Lipinski definition) is 3. The number of hydrazone groups is 1. The van der Waals surface area contributed by atoms with E-state index in [0.29, 0.717) is 23.4 Å². The summed E-state index contributed by atoms with van der Waals surface area (Å²) in [5, 5.41) is 6.72. The highest BCUT2D eigenvalue weighted by molar-refractivity contribution is 9.10. The van der Waals surface area contributed by atoms with E-state index in [4.69, 9.17) is 4.74 Å². The Morgan fingerprint density at radius 2 is 1.62 bits per heavy atom. The summed E-state index contributed by atoms with van der Waals surface area (Å²) in [5.41, 5.74) is 4.68. The molecule has 0 aliphatic rings. The van der Waals surface area contributed by atoms with E-state index >= 15 is 0 Å². The van der Waals surface area contributed by atoms with Gasteiger partial charge in [0.2, 0.25) is 10.0 Å². The van der Waals surface area contributed by atoms with Crippen LogP contribution in [-0.4, -0.2) is 39.1 Å². The van der Waals surface area contributed by atoms with Gasteiger partial charge in [0, 0.05) is 10.2 Å². The molecule has 1 atom stereocenters. The fourth-order valence-electron chi connectivity index (χ4n) is 3.43. The molecule has 2 amide bonds. The van der Waals surface area contributed by atoms with Crippen molar-refractivity contribution in [3.63, 3.8) is 0 Å². The number of nitrogens with one attached hydrogen (secondary N) is 3. The predicted octanol–water partition coefficient (Wildman–Crippen LogP) is 4.62. The van der Waals surface area contributed by atoms with Crippen LogP contribution in [0.25, 0.3) is 0 Å². The van der Waals surface area contributed by atoms with Crippen LogP contribution in [0.1, 0.15) is 31.4 Å². The molecule has 0 spiro atoms. The average molecular weight is 616 g/mol. The third-order valence-corrected chi connectivity index (χ3v) is 7.43. The zero-order chi connectivity index (χ0) is 28.4. The van der Waals surface area contributed by atoms with Crippen molar-refractivity contribution in [3.05, 3.63) is 88.4 Å². The standard InChI is InChI=1S/C28H31BrN4O5S/c1-19(2)16-26(33-39(36,37)25-14-4-20(3)5-15-25)28(35)32-30-17-21-6-12-24(13-7-21)38-18-27(34)31-23-10-8-22(29)9-11-23/h4-15,17,19,26,33H,16,18H2,1-3H3,(H,31,34)(H,32,35)/b30-17-/t26-/m1/s1. The van der Waals surface area contributed by atoms with Gasteiger partial charge in [-0.1, -0.05) is 47.5 Å². The summed E-state index contributed by atoms with van der Waals surface area (Å²) in [5.74, 6) is -0.299. The first kappa shape index (κ1) is 30.0. The number of anilines is 1. The lowest BCUT2D eigenvalue weighted by atomic mass is 10.0. The monoisotopic (exact) mass is 614 g/mol. The molecule has 0 radical (unpaired) electrons. The quantitative estimate of drug-likeness (QED) is 0.203. The van der Waals surface area contributed by atoms with E-state index in [9.17, 15) is 18.0 Å². The van der Waals surface area contributed by atoms with Gasteiger partial charge in [-0.25, -0.2) is 13.8 Å². The molecule has 3 aromatic carbocycles. The number of ether oxygens (including phenoxy) is 1. The van der Waals surface area contributed by atoms with Gasteiger partial charge in [-0.05, 0) is 85.5 Å². The van der Waals surface area contributed by atoms with Crippen LogP contribution in [0.4, 0.5) is 5.69 Å². The number of carbonyl (C=O) groups is 2. The Kier molecular flexibility index (Phi) is 10.8. The number of halogens is 1. The van der Waals surface area contributed by atoms with Gasteiger partial charge in [-0.15, -0.1) is 0 Å². The first-order chi connectivity index (χ1) is 18.5. The molecule has 0 aliphatic heterocycles. The molecule has 3 rings (SSSR count). The molecule has 9 nitrogen and oxygen atoms in total. The second-order valence-corrected chi connectivity index (χ2v) is 11.9. The summed E-state index contributed by atoms with van der Waals surface area (Å²) in [6.07, 6.45) is 1.73. The van der Waals surface area contributed by atoms with Crippen molar-refractivity contribution in [2.75, 3.05) is 11.9 Å². The molecule has 11 heteroatoms. The van der Waals surface area contributed by atoms with Gasteiger partial charge in [0.1, 0.15) is 11.8 Å². The zero-order valence-corrected chi connectivity index (χ0v) is 24.3. The number of hydrogen-bond acceptors (Lipinski definition) is 6. The van der Waals surface area contributed by atoms with E-state index in [2.05, 4.69) is 36.5 Å². The Morgan fingerprint density at radius 3 is 2.23 bits per heavy atom. The van der Waals surface area contributed by atoms with Crippen LogP contribution in [-0.2, 0) is 19.6 Å². The van der Waals surface area contributed by atoms with Crippen LogP contribution in [0.2, 0.25) is 0 Å². The first-order valence-corrected chi connectivity index (χ1v) is 14.5. The maximum atomic E-state index is 12.8. The van der Waals surface area contributed by atoms with E-state index < -0.39 is 22.0 Å². The molecular weight excluding hydrogens is 584 g/mol. The lowest BCUT2D eigenvalue weighted by Crippen LogP contribution is -2.46. The first-order valence-electron chi connectivity index (χ1n) is 12.2. The third-order valence-electron chi connectivity index (χ3n) is 5.42. The largest absolute Gasteiger partial charge is 0.484 e. The Labute approximate surface area is 237 Å². The number of rotatable bonds is 12. The Hall–Kier alpha value is -3.54. The van der Waals surface area contributed by atoms with Crippen LogP contribution in [0.15, 0.2) is 87.3 Å². The van der Waals surface area contributed by atoms with Gasteiger partial charge in [-0.3, -0.25) is 9.59 Å². The molecule has 0 saturated carbocycles. The topological polar surface area (TPSA) is 126 Å². The van der Waals surface area contributed by atoms with Crippen LogP contribution in [0.5, 0.6) is 5.75 Å². The van der Waals surface area contributed by atoms with Gasteiger partial charge in [0.25, 0.3) is 11.8 Å². The average Bonchev–Trinajstić information content (AvgIpc) is 2.89. The lowest BCUT2D eigenvalue weighted by Gasteiger charge is -2.19. The third kappa shape index (κ3) is 9.93. The number of amides is 2. The van der Waals surface area contributed by atoms with Gasteiger partial charge < -0.3 is 10.1 Å². The van der Waals surface area contributed by atoms with Crippen molar-refractivity contribution < 1.29 is 22.7 Å². The summed E-state index contributed by atoms with van der Waals surface area (Å²) in [6, 6.07) is 19.4. The van der Waals surface area contributed by atoms with Gasteiger partial charge >= 0.3 is 0 Å². The highest BCUT2D eigenvalue weighted by atomic mass is 79.9. The lowest BCUT2D eigenvalue weighted by molar-refractivity contribution is -0.123. The van der Waals surface area contributed by atoms with E-state index in [0.717, 1.165) is 10.0 Å².